The maximum absolute atomic E-state index is 12.1. The molecule has 0 aliphatic carbocycles. The fraction of sp³-hybridized carbons (Fsp3) is 0. The van der Waals surface area contributed by atoms with Gasteiger partial charge in [-0.15, -0.1) is 0 Å². The average Bonchev–Trinajstić information content (AvgIpc) is 3.22. The molecule has 0 aliphatic rings. The molecular formula is C19H14BrN3O4. The second-order valence-electron chi connectivity index (χ2n) is 5.40. The normalized spacial score (nSPS) is 10.1. The molecule has 7 nitrogen and oxygen atoms in total. The summed E-state index contributed by atoms with van der Waals surface area (Å²) in [5.74, 6) is -1.14. The van der Waals surface area contributed by atoms with Gasteiger partial charge in [-0.2, -0.15) is 0 Å². The summed E-state index contributed by atoms with van der Waals surface area (Å²) in [7, 11) is 0. The van der Waals surface area contributed by atoms with Gasteiger partial charge in [-0.05, 0) is 64.5 Å². The Kier molecular flexibility index (Phi) is 5.68. The molecule has 0 spiro atoms. The van der Waals surface area contributed by atoms with Crippen LogP contribution in [0, 0.1) is 0 Å². The van der Waals surface area contributed by atoms with Crippen LogP contribution in [0.1, 0.15) is 31.3 Å². The quantitative estimate of drug-likeness (QED) is 0.555. The lowest BCUT2D eigenvalue weighted by atomic mass is 10.2. The van der Waals surface area contributed by atoms with Crippen LogP contribution in [0.25, 0.3) is 0 Å². The van der Waals surface area contributed by atoms with Gasteiger partial charge in [0.15, 0.2) is 5.76 Å². The van der Waals surface area contributed by atoms with Crippen LogP contribution in [0.2, 0.25) is 0 Å². The van der Waals surface area contributed by atoms with Crippen molar-refractivity contribution in [1.82, 2.24) is 10.9 Å². The zero-order valence-electron chi connectivity index (χ0n) is 13.9. The summed E-state index contributed by atoms with van der Waals surface area (Å²) in [5, 5.41) is 2.65. The number of nitrogens with one attached hydrogen (secondary N) is 3. The van der Waals surface area contributed by atoms with Gasteiger partial charge in [0, 0.05) is 15.7 Å². The third kappa shape index (κ3) is 4.62. The highest BCUT2D eigenvalue weighted by Crippen LogP contribution is 2.15. The first-order valence-electron chi connectivity index (χ1n) is 7.85. The fourth-order valence-electron chi connectivity index (χ4n) is 2.20. The van der Waals surface area contributed by atoms with Gasteiger partial charge in [-0.3, -0.25) is 25.2 Å². The van der Waals surface area contributed by atoms with Crippen LogP contribution < -0.4 is 16.2 Å². The molecule has 0 bridgehead atoms. The summed E-state index contributed by atoms with van der Waals surface area (Å²) >= 11 is 3.28. The molecule has 3 N–H and O–H groups in total. The number of benzene rings is 2. The summed E-state index contributed by atoms with van der Waals surface area (Å²) < 4.78 is 5.63. The zero-order valence-corrected chi connectivity index (χ0v) is 15.4. The highest BCUT2D eigenvalue weighted by Gasteiger charge is 2.12. The van der Waals surface area contributed by atoms with Crippen molar-refractivity contribution in [3.05, 3.63) is 88.3 Å². The Bertz CT molecular complexity index is 969. The van der Waals surface area contributed by atoms with Gasteiger partial charge in [0.2, 0.25) is 0 Å². The topological polar surface area (TPSA) is 100 Å². The molecule has 1 aromatic heterocycles. The maximum Gasteiger partial charge on any atom is 0.291 e. The van der Waals surface area contributed by atoms with E-state index < -0.39 is 17.7 Å². The van der Waals surface area contributed by atoms with Crippen molar-refractivity contribution in [2.24, 2.45) is 0 Å². The van der Waals surface area contributed by atoms with Crippen molar-refractivity contribution >= 4 is 39.3 Å². The molecule has 136 valence electrons. The number of amides is 3. The molecule has 0 saturated heterocycles. The minimum absolute atomic E-state index is 0.187. The number of hydrazine groups is 1. The Labute approximate surface area is 162 Å². The average molecular weight is 428 g/mol. The Balaban J connectivity index is 1.57. The van der Waals surface area contributed by atoms with Gasteiger partial charge in [0.1, 0.15) is 0 Å². The maximum atomic E-state index is 12.1. The van der Waals surface area contributed by atoms with Crippen LogP contribution in [0.5, 0.6) is 0 Å². The number of carbonyl (C=O) groups excluding carboxylic acids is 3. The van der Waals surface area contributed by atoms with Gasteiger partial charge < -0.3 is 9.73 Å². The Morgan fingerprint density at radius 2 is 1.48 bits per heavy atom. The van der Waals surface area contributed by atoms with E-state index >= 15 is 0 Å². The molecule has 0 radical (unpaired) electrons. The molecule has 0 atom stereocenters. The lowest BCUT2D eigenvalue weighted by Gasteiger charge is -2.09. The monoisotopic (exact) mass is 427 g/mol. The van der Waals surface area contributed by atoms with E-state index in [4.69, 9.17) is 4.42 Å². The predicted octanol–water partition coefficient (Wildman–Crippen LogP) is 3.37. The van der Waals surface area contributed by atoms with Crippen LogP contribution in [0.15, 0.2) is 75.8 Å². The van der Waals surface area contributed by atoms with Crippen LogP contribution >= 0.6 is 15.9 Å². The molecule has 27 heavy (non-hydrogen) atoms. The minimum atomic E-state index is -0.487. The number of halogens is 1. The second kappa shape index (κ2) is 8.33. The van der Waals surface area contributed by atoms with E-state index in [1.165, 1.54) is 18.4 Å². The SMILES string of the molecule is O=C(NNC(=O)c1ccccc1Br)c1ccc(NC(=O)c2ccco2)cc1. The van der Waals surface area contributed by atoms with E-state index in [0.29, 0.717) is 21.3 Å². The van der Waals surface area contributed by atoms with Gasteiger partial charge >= 0.3 is 0 Å². The molecule has 8 heteroatoms. The summed E-state index contributed by atoms with van der Waals surface area (Å²) in [4.78, 5) is 36.1. The third-order valence-electron chi connectivity index (χ3n) is 3.56. The summed E-state index contributed by atoms with van der Waals surface area (Å²) in [6.07, 6.45) is 1.41. The van der Waals surface area contributed by atoms with Gasteiger partial charge in [-0.1, -0.05) is 12.1 Å². The minimum Gasteiger partial charge on any atom is -0.459 e. The number of rotatable bonds is 4. The fourth-order valence-corrected chi connectivity index (χ4v) is 2.67. The molecule has 3 aromatic rings. The predicted molar refractivity (Wildman–Crippen MR) is 102 cm³/mol. The van der Waals surface area contributed by atoms with Crippen molar-refractivity contribution in [1.29, 1.82) is 0 Å². The summed E-state index contributed by atoms with van der Waals surface area (Å²) in [5.41, 5.74) is 5.92. The first-order valence-corrected chi connectivity index (χ1v) is 8.64. The zero-order chi connectivity index (χ0) is 19.2. The highest BCUT2D eigenvalue weighted by molar-refractivity contribution is 9.10. The number of carbonyl (C=O) groups is 3. The second-order valence-corrected chi connectivity index (χ2v) is 6.25. The first-order chi connectivity index (χ1) is 13.0. The van der Waals surface area contributed by atoms with Crippen molar-refractivity contribution in [3.63, 3.8) is 0 Å². The van der Waals surface area contributed by atoms with Crippen molar-refractivity contribution in [3.8, 4) is 0 Å². The van der Waals surface area contributed by atoms with Crippen molar-refractivity contribution < 1.29 is 18.8 Å². The molecular weight excluding hydrogens is 414 g/mol. The van der Waals surface area contributed by atoms with Gasteiger partial charge in [0.25, 0.3) is 17.7 Å². The molecule has 2 aromatic carbocycles. The van der Waals surface area contributed by atoms with Crippen LogP contribution in [-0.2, 0) is 0 Å². The molecule has 3 amide bonds. The van der Waals surface area contributed by atoms with E-state index in [1.54, 1.807) is 48.5 Å². The molecule has 0 fully saturated rings. The van der Waals surface area contributed by atoms with E-state index in [9.17, 15) is 14.4 Å². The number of hydrogen-bond acceptors (Lipinski definition) is 4. The molecule has 0 aliphatic heterocycles. The number of furan rings is 1. The van der Waals surface area contributed by atoms with Crippen molar-refractivity contribution in [2.75, 3.05) is 5.32 Å². The lowest BCUT2D eigenvalue weighted by molar-refractivity contribution is 0.0846. The van der Waals surface area contributed by atoms with E-state index in [0.717, 1.165) is 0 Å². The van der Waals surface area contributed by atoms with E-state index in [-0.39, 0.29) is 5.76 Å². The highest BCUT2D eigenvalue weighted by atomic mass is 79.9. The van der Waals surface area contributed by atoms with Gasteiger partial charge in [0.05, 0.1) is 11.8 Å². The van der Waals surface area contributed by atoms with Crippen LogP contribution in [0.4, 0.5) is 5.69 Å². The summed E-state index contributed by atoms with van der Waals surface area (Å²) in [6.45, 7) is 0. The first kappa shape index (κ1) is 18.4. The molecule has 0 unspecified atom stereocenters. The van der Waals surface area contributed by atoms with Crippen LogP contribution in [0.3, 0.4) is 0 Å². The Morgan fingerprint density at radius 1 is 0.778 bits per heavy atom. The summed E-state index contributed by atoms with van der Waals surface area (Å²) in [6, 6.07) is 16.2. The number of hydrogen-bond donors (Lipinski definition) is 3. The van der Waals surface area contributed by atoms with E-state index in [1.807, 2.05) is 0 Å². The standard InChI is InChI=1S/C19H14BrN3O4/c20-15-5-2-1-4-14(15)18(25)23-22-17(24)12-7-9-13(10-8-12)21-19(26)16-6-3-11-27-16/h1-11H,(H,21,26)(H,22,24)(H,23,25). The smallest absolute Gasteiger partial charge is 0.291 e. The Hall–Kier alpha value is -3.39. The van der Waals surface area contributed by atoms with Crippen molar-refractivity contribution in [2.45, 2.75) is 0 Å². The molecule has 1 heterocycles. The largest absolute Gasteiger partial charge is 0.459 e. The Morgan fingerprint density at radius 3 is 2.15 bits per heavy atom. The molecule has 3 rings (SSSR count). The number of anilines is 1. The van der Waals surface area contributed by atoms with Crippen LogP contribution in [-0.4, -0.2) is 17.7 Å². The lowest BCUT2D eigenvalue weighted by Crippen LogP contribution is -2.41. The van der Waals surface area contributed by atoms with E-state index in [2.05, 4.69) is 32.1 Å². The van der Waals surface area contributed by atoms with Gasteiger partial charge in [-0.25, -0.2) is 0 Å². The molecule has 0 saturated carbocycles. The third-order valence-corrected chi connectivity index (χ3v) is 4.25.